The van der Waals surface area contributed by atoms with Gasteiger partial charge in [-0.1, -0.05) is 17.7 Å². The summed E-state index contributed by atoms with van der Waals surface area (Å²) >= 11 is 5.93. The van der Waals surface area contributed by atoms with Crippen LogP contribution in [0.3, 0.4) is 0 Å². The van der Waals surface area contributed by atoms with E-state index in [1.807, 2.05) is 0 Å². The van der Waals surface area contributed by atoms with Crippen molar-refractivity contribution in [1.29, 1.82) is 0 Å². The van der Waals surface area contributed by atoms with Gasteiger partial charge in [-0.05, 0) is 12.1 Å². The number of aliphatic carboxylic acids is 1. The fourth-order valence-electron chi connectivity index (χ4n) is 1.01. The lowest BCUT2D eigenvalue weighted by atomic mass is 10.3. The third kappa shape index (κ3) is 3.32. The molecule has 0 aromatic heterocycles. The number of rotatable bonds is 5. The lowest BCUT2D eigenvalue weighted by molar-refractivity contribution is -0.137. The van der Waals surface area contributed by atoms with E-state index in [4.69, 9.17) is 26.2 Å². The molecule has 0 spiro atoms. The zero-order chi connectivity index (χ0) is 11.3. The molecular weight excluding hydrogens is 220 g/mol. The minimum absolute atomic E-state index is 0.0620. The number of ether oxygens (including phenoxy) is 2. The fraction of sp³-hybridized carbons (Fsp3) is 0.300. The number of halogens is 1. The predicted octanol–water partition coefficient (Wildman–Crippen LogP) is 2.20. The first-order valence-electron chi connectivity index (χ1n) is 4.32. The Hall–Kier alpha value is -1.42. The van der Waals surface area contributed by atoms with Crippen LogP contribution in [0.4, 0.5) is 0 Å². The summed E-state index contributed by atoms with van der Waals surface area (Å²) in [4.78, 5) is 10.3. The van der Waals surface area contributed by atoms with Crippen molar-refractivity contribution in [2.75, 3.05) is 13.7 Å². The molecule has 1 aromatic carbocycles. The van der Waals surface area contributed by atoms with Crippen LogP contribution < -0.4 is 9.47 Å². The minimum atomic E-state index is -0.908. The van der Waals surface area contributed by atoms with Gasteiger partial charge in [0.05, 0.1) is 20.1 Å². The van der Waals surface area contributed by atoms with Gasteiger partial charge in [0.15, 0.2) is 0 Å². The maximum Gasteiger partial charge on any atom is 0.306 e. The first kappa shape index (κ1) is 11.7. The fourth-order valence-corrected chi connectivity index (χ4v) is 1.27. The van der Waals surface area contributed by atoms with Crippen LogP contribution >= 0.6 is 11.6 Å². The number of hydrogen-bond acceptors (Lipinski definition) is 3. The van der Waals surface area contributed by atoms with Crippen molar-refractivity contribution in [1.82, 2.24) is 0 Å². The van der Waals surface area contributed by atoms with Crippen molar-refractivity contribution in [3.63, 3.8) is 0 Å². The highest BCUT2D eigenvalue weighted by Crippen LogP contribution is 2.33. The highest BCUT2D eigenvalue weighted by Gasteiger charge is 2.07. The number of carbonyl (C=O) groups is 1. The number of hydrogen-bond donors (Lipinski definition) is 1. The number of methoxy groups -OCH3 is 1. The molecule has 0 aliphatic heterocycles. The van der Waals surface area contributed by atoms with Crippen LogP contribution in [0.5, 0.6) is 11.5 Å². The number of benzene rings is 1. The van der Waals surface area contributed by atoms with Crippen LogP contribution in [0.25, 0.3) is 0 Å². The quantitative estimate of drug-likeness (QED) is 0.843. The third-order valence-electron chi connectivity index (χ3n) is 1.72. The van der Waals surface area contributed by atoms with Gasteiger partial charge in [-0.3, -0.25) is 4.79 Å². The van der Waals surface area contributed by atoms with Crippen molar-refractivity contribution in [3.8, 4) is 11.5 Å². The molecular formula is C10H11ClO4. The average Bonchev–Trinajstić information content (AvgIpc) is 2.20. The molecule has 0 atom stereocenters. The average molecular weight is 231 g/mol. The highest BCUT2D eigenvalue weighted by atomic mass is 35.5. The third-order valence-corrected chi connectivity index (χ3v) is 2.09. The second kappa shape index (κ2) is 5.46. The van der Waals surface area contributed by atoms with E-state index >= 15 is 0 Å². The molecule has 0 saturated heterocycles. The van der Waals surface area contributed by atoms with Crippen LogP contribution in [0.15, 0.2) is 18.2 Å². The molecule has 15 heavy (non-hydrogen) atoms. The van der Waals surface area contributed by atoms with Crippen LogP contribution in [0.2, 0.25) is 5.02 Å². The van der Waals surface area contributed by atoms with Gasteiger partial charge in [0, 0.05) is 0 Å². The lowest BCUT2D eigenvalue weighted by Crippen LogP contribution is -2.05. The minimum Gasteiger partial charge on any atom is -0.495 e. The van der Waals surface area contributed by atoms with Gasteiger partial charge in [0.1, 0.15) is 16.5 Å². The lowest BCUT2D eigenvalue weighted by Gasteiger charge is -2.09. The van der Waals surface area contributed by atoms with Crippen molar-refractivity contribution in [2.45, 2.75) is 6.42 Å². The van der Waals surface area contributed by atoms with Crippen molar-refractivity contribution >= 4 is 17.6 Å². The molecule has 0 aliphatic rings. The van der Waals surface area contributed by atoms with Crippen molar-refractivity contribution < 1.29 is 19.4 Å². The Kier molecular flexibility index (Phi) is 4.24. The van der Waals surface area contributed by atoms with Gasteiger partial charge in [-0.15, -0.1) is 0 Å². The first-order chi connectivity index (χ1) is 7.15. The van der Waals surface area contributed by atoms with E-state index < -0.39 is 5.97 Å². The standard InChI is InChI=1S/C10H11ClO4/c1-14-7-3-2-4-8(10(7)11)15-6-5-9(12)13/h2-4H,5-6H2,1H3,(H,12,13). The summed E-state index contributed by atoms with van der Waals surface area (Å²) < 4.78 is 10.2. The molecule has 1 N–H and O–H groups in total. The summed E-state index contributed by atoms with van der Waals surface area (Å²) in [7, 11) is 1.50. The largest absolute Gasteiger partial charge is 0.495 e. The van der Waals surface area contributed by atoms with E-state index in [1.54, 1.807) is 18.2 Å². The Balaban J connectivity index is 2.64. The summed E-state index contributed by atoms with van der Waals surface area (Å²) in [6, 6.07) is 5.08. The van der Waals surface area contributed by atoms with Gasteiger partial charge >= 0.3 is 5.97 Å². The van der Waals surface area contributed by atoms with Gasteiger partial charge in [0.2, 0.25) is 0 Å². The Morgan fingerprint density at radius 1 is 1.47 bits per heavy atom. The van der Waals surface area contributed by atoms with E-state index in [2.05, 4.69) is 0 Å². The second-order valence-corrected chi connectivity index (χ2v) is 3.14. The molecule has 0 fully saturated rings. The molecule has 1 aromatic rings. The van der Waals surface area contributed by atoms with E-state index in [0.29, 0.717) is 16.5 Å². The molecule has 5 heteroatoms. The monoisotopic (exact) mass is 230 g/mol. The number of carboxylic acid groups (broad SMARTS) is 1. The molecule has 0 amide bonds. The maximum atomic E-state index is 10.3. The Labute approximate surface area is 92.4 Å². The SMILES string of the molecule is COc1cccc(OCCC(=O)O)c1Cl. The Bertz CT molecular complexity index is 351. The molecule has 0 unspecified atom stereocenters. The molecule has 82 valence electrons. The molecule has 0 aliphatic carbocycles. The second-order valence-electron chi connectivity index (χ2n) is 2.76. The zero-order valence-corrected chi connectivity index (χ0v) is 8.95. The van der Waals surface area contributed by atoms with Crippen LogP contribution in [-0.2, 0) is 4.79 Å². The number of carboxylic acids is 1. The Morgan fingerprint density at radius 2 is 2.13 bits per heavy atom. The molecule has 0 heterocycles. The van der Waals surface area contributed by atoms with Crippen molar-refractivity contribution in [2.24, 2.45) is 0 Å². The summed E-state index contributed by atoms with van der Waals surface area (Å²) in [5, 5.41) is 8.78. The smallest absolute Gasteiger partial charge is 0.306 e. The van der Waals surface area contributed by atoms with E-state index in [-0.39, 0.29) is 13.0 Å². The molecule has 0 bridgehead atoms. The van der Waals surface area contributed by atoms with Gasteiger partial charge < -0.3 is 14.6 Å². The van der Waals surface area contributed by atoms with E-state index in [9.17, 15) is 4.79 Å². The highest BCUT2D eigenvalue weighted by molar-refractivity contribution is 6.33. The van der Waals surface area contributed by atoms with Crippen molar-refractivity contribution in [3.05, 3.63) is 23.2 Å². The molecule has 0 saturated carbocycles. The molecule has 1 rings (SSSR count). The summed E-state index contributed by atoms with van der Waals surface area (Å²) in [5.41, 5.74) is 0. The zero-order valence-electron chi connectivity index (χ0n) is 8.20. The predicted molar refractivity (Wildman–Crippen MR) is 55.8 cm³/mol. The summed E-state index contributed by atoms with van der Waals surface area (Å²) in [6.45, 7) is 0.0855. The summed E-state index contributed by atoms with van der Waals surface area (Å²) in [5.74, 6) is 0.0239. The van der Waals surface area contributed by atoms with E-state index in [0.717, 1.165) is 0 Å². The normalized spacial score (nSPS) is 9.73. The molecule has 0 radical (unpaired) electrons. The topological polar surface area (TPSA) is 55.8 Å². The maximum absolute atomic E-state index is 10.3. The van der Waals surface area contributed by atoms with Gasteiger partial charge in [-0.2, -0.15) is 0 Å². The van der Waals surface area contributed by atoms with Gasteiger partial charge in [0.25, 0.3) is 0 Å². The van der Waals surface area contributed by atoms with Crippen LogP contribution in [-0.4, -0.2) is 24.8 Å². The summed E-state index contributed by atoms with van der Waals surface area (Å²) in [6.07, 6.45) is -0.0620. The first-order valence-corrected chi connectivity index (χ1v) is 4.70. The van der Waals surface area contributed by atoms with E-state index in [1.165, 1.54) is 7.11 Å². The molecule has 4 nitrogen and oxygen atoms in total. The Morgan fingerprint density at radius 3 is 2.73 bits per heavy atom. The van der Waals surface area contributed by atoms with Gasteiger partial charge in [-0.25, -0.2) is 0 Å². The van der Waals surface area contributed by atoms with Crippen LogP contribution in [0.1, 0.15) is 6.42 Å². The van der Waals surface area contributed by atoms with Crippen LogP contribution in [0, 0.1) is 0 Å².